The van der Waals surface area contributed by atoms with Gasteiger partial charge in [0.25, 0.3) is 0 Å². The third-order valence-electron chi connectivity index (χ3n) is 6.11. The Balaban J connectivity index is 2.08. The molecule has 1 N–H and O–H groups in total. The maximum atomic E-state index is 14.8. The third kappa shape index (κ3) is 8.37. The molecule has 3 rings (SSSR count). The molecular weight excluding hydrogens is 585 g/mol. The molecule has 0 aliphatic heterocycles. The van der Waals surface area contributed by atoms with Crippen LogP contribution in [-0.2, 0) is 32.6 Å². The minimum atomic E-state index is -3.89. The lowest BCUT2D eigenvalue weighted by molar-refractivity contribution is -0.140. The molecule has 0 aliphatic rings. The lowest BCUT2D eigenvalue weighted by Gasteiger charge is -2.34. The van der Waals surface area contributed by atoms with Gasteiger partial charge in [-0.1, -0.05) is 64.5 Å². The molecule has 208 valence electrons. The molecule has 3 aromatic rings. The van der Waals surface area contributed by atoms with Crippen LogP contribution in [0, 0.1) is 12.7 Å². The summed E-state index contributed by atoms with van der Waals surface area (Å²) in [4.78, 5) is 28.7. The highest BCUT2D eigenvalue weighted by Gasteiger charge is 2.33. The Morgan fingerprint density at radius 3 is 2.23 bits per heavy atom. The van der Waals surface area contributed by atoms with Crippen molar-refractivity contribution in [2.45, 2.75) is 45.8 Å². The summed E-state index contributed by atoms with van der Waals surface area (Å²) in [6.07, 6.45) is 1.18. The molecular formula is C29H33BrFN3O4S. The van der Waals surface area contributed by atoms with Crippen LogP contribution in [0.2, 0.25) is 0 Å². The summed E-state index contributed by atoms with van der Waals surface area (Å²) in [5, 5.41) is 2.86. The summed E-state index contributed by atoms with van der Waals surface area (Å²) in [6, 6.07) is 18.9. The van der Waals surface area contributed by atoms with Crippen LogP contribution in [0.4, 0.5) is 10.1 Å². The highest BCUT2D eigenvalue weighted by Crippen LogP contribution is 2.25. The molecule has 1 atom stereocenters. The summed E-state index contributed by atoms with van der Waals surface area (Å²) in [5.41, 5.74) is 2.11. The number of carbonyl (C=O) groups is 2. The maximum absolute atomic E-state index is 14.8. The van der Waals surface area contributed by atoms with E-state index in [0.29, 0.717) is 5.69 Å². The van der Waals surface area contributed by atoms with E-state index in [0.717, 1.165) is 26.2 Å². The fraction of sp³-hybridized carbons (Fsp3) is 0.310. The van der Waals surface area contributed by atoms with Crippen molar-refractivity contribution < 1.29 is 22.4 Å². The molecule has 0 spiro atoms. The summed E-state index contributed by atoms with van der Waals surface area (Å²) in [5.74, 6) is -1.57. The average Bonchev–Trinajstić information content (AvgIpc) is 2.87. The maximum Gasteiger partial charge on any atom is 0.244 e. The Kier molecular flexibility index (Phi) is 10.3. The van der Waals surface area contributed by atoms with E-state index in [1.54, 1.807) is 36.4 Å². The predicted molar refractivity (Wildman–Crippen MR) is 155 cm³/mol. The number of nitrogens with one attached hydrogen (secondary N) is 1. The molecule has 0 bridgehead atoms. The van der Waals surface area contributed by atoms with Gasteiger partial charge < -0.3 is 10.2 Å². The number of halogens is 2. The standard InChI is InChI=1S/C29H33BrFN3O4S/c1-20(2)32-29(36)27(17-22-10-6-5-7-11-22)33(18-23-12-8-9-13-26(23)31)28(35)19-34(39(4,37)38)24-14-15-25(30)21(3)16-24/h5-16,20,27H,17-19H2,1-4H3,(H,32,36)/t27-/m0/s1. The molecule has 0 saturated carbocycles. The minimum Gasteiger partial charge on any atom is -0.352 e. The van der Waals surface area contributed by atoms with Crippen LogP contribution in [0.5, 0.6) is 0 Å². The lowest BCUT2D eigenvalue weighted by Crippen LogP contribution is -2.54. The molecule has 2 amide bonds. The molecule has 3 aromatic carbocycles. The number of hydrogen-bond acceptors (Lipinski definition) is 4. The van der Waals surface area contributed by atoms with Crippen molar-refractivity contribution in [2.24, 2.45) is 0 Å². The zero-order chi connectivity index (χ0) is 28.7. The third-order valence-corrected chi connectivity index (χ3v) is 8.14. The Labute approximate surface area is 238 Å². The number of benzene rings is 3. The van der Waals surface area contributed by atoms with E-state index in [9.17, 15) is 22.4 Å². The van der Waals surface area contributed by atoms with Crippen LogP contribution in [-0.4, -0.2) is 50.0 Å². The van der Waals surface area contributed by atoms with Gasteiger partial charge in [0, 0.05) is 29.0 Å². The Morgan fingerprint density at radius 1 is 1.00 bits per heavy atom. The second-order valence-electron chi connectivity index (χ2n) is 9.68. The van der Waals surface area contributed by atoms with Crippen molar-refractivity contribution in [1.82, 2.24) is 10.2 Å². The number of carbonyl (C=O) groups excluding carboxylic acids is 2. The van der Waals surface area contributed by atoms with Gasteiger partial charge in [-0.15, -0.1) is 0 Å². The fourth-order valence-corrected chi connectivity index (χ4v) is 5.23. The topological polar surface area (TPSA) is 86.8 Å². The number of hydrogen-bond donors (Lipinski definition) is 1. The van der Waals surface area contributed by atoms with Crippen LogP contribution in [0.15, 0.2) is 77.3 Å². The highest BCUT2D eigenvalue weighted by atomic mass is 79.9. The van der Waals surface area contributed by atoms with Gasteiger partial charge in [-0.2, -0.15) is 0 Å². The first-order chi connectivity index (χ1) is 18.4. The van der Waals surface area contributed by atoms with E-state index in [-0.39, 0.29) is 24.6 Å². The van der Waals surface area contributed by atoms with Gasteiger partial charge in [-0.25, -0.2) is 12.8 Å². The molecule has 39 heavy (non-hydrogen) atoms. The van der Waals surface area contributed by atoms with E-state index in [1.165, 1.54) is 11.0 Å². The molecule has 7 nitrogen and oxygen atoms in total. The van der Waals surface area contributed by atoms with Gasteiger partial charge in [0.2, 0.25) is 21.8 Å². The van der Waals surface area contributed by atoms with E-state index >= 15 is 0 Å². The Hall–Kier alpha value is -3.24. The van der Waals surface area contributed by atoms with E-state index in [2.05, 4.69) is 21.2 Å². The van der Waals surface area contributed by atoms with Crippen LogP contribution in [0.3, 0.4) is 0 Å². The number of nitrogens with zero attached hydrogens (tertiary/aromatic N) is 2. The monoisotopic (exact) mass is 617 g/mol. The molecule has 0 aliphatic carbocycles. The molecule has 0 fully saturated rings. The SMILES string of the molecule is Cc1cc(N(CC(=O)N(Cc2ccccc2F)[C@@H](Cc2ccccc2)C(=O)NC(C)C)S(C)(=O)=O)ccc1Br. The normalized spacial score (nSPS) is 12.2. The smallest absolute Gasteiger partial charge is 0.244 e. The largest absolute Gasteiger partial charge is 0.352 e. The Bertz CT molecular complexity index is 1420. The average molecular weight is 619 g/mol. The first kappa shape index (κ1) is 30.3. The summed E-state index contributed by atoms with van der Waals surface area (Å²) in [7, 11) is -3.89. The van der Waals surface area contributed by atoms with Gasteiger partial charge >= 0.3 is 0 Å². The van der Waals surface area contributed by atoms with Gasteiger partial charge in [0.05, 0.1) is 11.9 Å². The van der Waals surface area contributed by atoms with E-state index in [1.807, 2.05) is 51.1 Å². The van der Waals surface area contributed by atoms with Crippen molar-refractivity contribution in [1.29, 1.82) is 0 Å². The van der Waals surface area contributed by atoms with Crippen LogP contribution in [0.1, 0.15) is 30.5 Å². The molecule has 0 aromatic heterocycles. The van der Waals surface area contributed by atoms with Crippen molar-refractivity contribution in [2.75, 3.05) is 17.1 Å². The zero-order valence-corrected chi connectivity index (χ0v) is 24.8. The summed E-state index contributed by atoms with van der Waals surface area (Å²) < 4.78 is 42.2. The second-order valence-corrected chi connectivity index (χ2v) is 12.4. The first-order valence-electron chi connectivity index (χ1n) is 12.5. The zero-order valence-electron chi connectivity index (χ0n) is 22.4. The molecule has 0 heterocycles. The number of sulfonamides is 1. The second kappa shape index (κ2) is 13.2. The van der Waals surface area contributed by atoms with Crippen LogP contribution in [0.25, 0.3) is 0 Å². The van der Waals surface area contributed by atoms with Crippen LogP contribution >= 0.6 is 15.9 Å². The number of aryl methyl sites for hydroxylation is 1. The molecule has 10 heteroatoms. The predicted octanol–water partition coefficient (Wildman–Crippen LogP) is 4.83. The van der Waals surface area contributed by atoms with E-state index < -0.39 is 40.2 Å². The minimum absolute atomic E-state index is 0.163. The fourth-order valence-electron chi connectivity index (χ4n) is 4.14. The van der Waals surface area contributed by atoms with Gasteiger partial charge in [-0.3, -0.25) is 13.9 Å². The van der Waals surface area contributed by atoms with Gasteiger partial charge in [-0.05, 0) is 56.2 Å². The number of amides is 2. The first-order valence-corrected chi connectivity index (χ1v) is 15.1. The van der Waals surface area contributed by atoms with Crippen molar-refractivity contribution in [3.05, 3.63) is 99.8 Å². The van der Waals surface area contributed by atoms with Crippen molar-refractivity contribution in [3.8, 4) is 0 Å². The molecule has 0 unspecified atom stereocenters. The quantitative estimate of drug-likeness (QED) is 0.334. The van der Waals surface area contributed by atoms with Gasteiger partial charge in [0.15, 0.2) is 0 Å². The van der Waals surface area contributed by atoms with Crippen molar-refractivity contribution in [3.63, 3.8) is 0 Å². The summed E-state index contributed by atoms with van der Waals surface area (Å²) in [6.45, 7) is 4.65. The Morgan fingerprint density at radius 2 is 1.64 bits per heavy atom. The van der Waals surface area contributed by atoms with E-state index in [4.69, 9.17) is 0 Å². The summed E-state index contributed by atoms with van der Waals surface area (Å²) >= 11 is 3.41. The highest BCUT2D eigenvalue weighted by molar-refractivity contribution is 9.10. The van der Waals surface area contributed by atoms with Crippen molar-refractivity contribution >= 4 is 43.5 Å². The lowest BCUT2D eigenvalue weighted by atomic mass is 10.0. The van der Waals surface area contributed by atoms with Gasteiger partial charge in [0.1, 0.15) is 18.4 Å². The number of rotatable bonds is 11. The molecule has 0 saturated heterocycles. The number of anilines is 1. The molecule has 0 radical (unpaired) electrons. The van der Waals surface area contributed by atoms with Crippen LogP contribution < -0.4 is 9.62 Å².